The van der Waals surface area contributed by atoms with Gasteiger partial charge in [0.1, 0.15) is 0 Å². The number of benzene rings is 1. The van der Waals surface area contributed by atoms with E-state index in [9.17, 15) is 4.79 Å². The topological polar surface area (TPSA) is 68.0 Å². The smallest absolute Gasteiger partial charge is 0.236 e. The maximum absolute atomic E-state index is 12.0. The Bertz CT molecular complexity index is 884. The van der Waals surface area contributed by atoms with Crippen molar-refractivity contribution >= 4 is 69.5 Å². The predicted molar refractivity (Wildman–Crippen MR) is 104 cm³/mol. The van der Waals surface area contributed by atoms with Crippen molar-refractivity contribution in [3.8, 4) is 11.4 Å². The number of thioether (sulfide) groups is 1. The number of nitrogens with zero attached hydrogens (tertiary/aromatic N) is 2. The monoisotopic (exact) mass is 433 g/mol. The zero-order valence-electron chi connectivity index (χ0n) is 12.5. The van der Waals surface area contributed by atoms with Crippen LogP contribution in [0.25, 0.3) is 11.4 Å². The summed E-state index contributed by atoms with van der Waals surface area (Å²) in [5.74, 6) is 1.42. The molecule has 0 fully saturated rings. The number of rotatable bonds is 6. The first-order valence-corrected chi connectivity index (χ1v) is 10.1. The van der Waals surface area contributed by atoms with Crippen molar-refractivity contribution in [2.75, 3.05) is 11.1 Å². The van der Waals surface area contributed by atoms with Crippen LogP contribution in [0, 0.1) is 0 Å². The maximum atomic E-state index is 12.0. The number of hydrogen-bond donors (Lipinski definition) is 1. The molecule has 0 bridgehead atoms. The van der Waals surface area contributed by atoms with Gasteiger partial charge in [-0.25, -0.2) is 0 Å². The molecule has 0 spiro atoms. The van der Waals surface area contributed by atoms with Gasteiger partial charge in [0.2, 0.25) is 17.6 Å². The fraction of sp³-hybridized carbons (Fsp3) is 0.133. The van der Waals surface area contributed by atoms with Crippen molar-refractivity contribution in [3.63, 3.8) is 0 Å². The van der Waals surface area contributed by atoms with Crippen LogP contribution in [-0.4, -0.2) is 21.8 Å². The van der Waals surface area contributed by atoms with Crippen LogP contribution in [-0.2, 0) is 10.5 Å². The van der Waals surface area contributed by atoms with Crippen LogP contribution in [0.2, 0.25) is 15.1 Å². The zero-order chi connectivity index (χ0) is 17.8. The standard InChI is InChI=1S/C15H10Cl3N3O2S2/c16-9-3-11(18)12(4-10(9)17)19-13(22)6-25-7-14-20-15(21-23-14)8-1-2-24-5-8/h1-5H,6-7H2,(H,19,22). The van der Waals surface area contributed by atoms with Crippen molar-refractivity contribution in [3.05, 3.63) is 49.9 Å². The first kappa shape index (κ1) is 18.5. The molecule has 3 rings (SSSR count). The quantitative estimate of drug-likeness (QED) is 0.509. The van der Waals surface area contributed by atoms with Crippen LogP contribution in [0.1, 0.15) is 5.89 Å². The molecule has 0 atom stereocenters. The molecule has 0 saturated heterocycles. The van der Waals surface area contributed by atoms with E-state index < -0.39 is 0 Å². The molecular weight excluding hydrogens is 425 g/mol. The first-order chi connectivity index (χ1) is 12.0. The minimum Gasteiger partial charge on any atom is -0.338 e. The van der Waals surface area contributed by atoms with Gasteiger partial charge in [-0.3, -0.25) is 4.79 Å². The second kappa shape index (κ2) is 8.42. The number of nitrogens with one attached hydrogen (secondary N) is 1. The van der Waals surface area contributed by atoms with Gasteiger partial charge in [0.05, 0.1) is 32.3 Å². The Morgan fingerprint density at radius 3 is 2.80 bits per heavy atom. The molecule has 1 N–H and O–H groups in total. The van der Waals surface area contributed by atoms with Crippen molar-refractivity contribution in [2.24, 2.45) is 0 Å². The van der Waals surface area contributed by atoms with E-state index in [0.717, 1.165) is 5.56 Å². The van der Waals surface area contributed by atoms with Gasteiger partial charge in [0.15, 0.2) is 0 Å². The lowest BCUT2D eigenvalue weighted by molar-refractivity contribution is -0.113. The summed E-state index contributed by atoms with van der Waals surface area (Å²) < 4.78 is 5.17. The van der Waals surface area contributed by atoms with Gasteiger partial charge in [0, 0.05) is 10.9 Å². The minimum absolute atomic E-state index is 0.201. The van der Waals surface area contributed by atoms with Gasteiger partial charge in [-0.15, -0.1) is 11.8 Å². The second-order valence-corrected chi connectivity index (χ2v) is 7.80. The summed E-state index contributed by atoms with van der Waals surface area (Å²) in [5, 5.41) is 11.5. The molecule has 3 aromatic rings. The fourth-order valence-corrected chi connectivity index (χ4v) is 3.74. The highest BCUT2D eigenvalue weighted by molar-refractivity contribution is 7.99. The normalized spacial score (nSPS) is 10.8. The highest BCUT2D eigenvalue weighted by Gasteiger charge is 2.12. The number of hydrogen-bond acceptors (Lipinski definition) is 6. The van der Waals surface area contributed by atoms with Gasteiger partial charge in [-0.05, 0) is 23.6 Å². The average molecular weight is 435 g/mol. The largest absolute Gasteiger partial charge is 0.338 e. The molecule has 10 heteroatoms. The molecule has 25 heavy (non-hydrogen) atoms. The molecule has 1 amide bonds. The summed E-state index contributed by atoms with van der Waals surface area (Å²) >= 11 is 20.7. The lowest BCUT2D eigenvalue weighted by Gasteiger charge is -2.08. The SMILES string of the molecule is O=C(CSCc1nc(-c2ccsc2)no1)Nc1cc(Cl)c(Cl)cc1Cl. The van der Waals surface area contributed by atoms with E-state index in [1.165, 1.54) is 23.9 Å². The van der Waals surface area contributed by atoms with Crippen LogP contribution in [0.5, 0.6) is 0 Å². The summed E-state index contributed by atoms with van der Waals surface area (Å²) in [5.41, 5.74) is 1.33. The molecular formula is C15H10Cl3N3O2S2. The summed E-state index contributed by atoms with van der Waals surface area (Å²) in [6, 6.07) is 4.92. The third-order valence-corrected chi connectivity index (χ3v) is 5.63. The molecule has 0 radical (unpaired) electrons. The maximum Gasteiger partial charge on any atom is 0.236 e. The van der Waals surface area contributed by atoms with Gasteiger partial charge < -0.3 is 9.84 Å². The molecule has 0 aliphatic heterocycles. The Morgan fingerprint density at radius 1 is 1.24 bits per heavy atom. The Balaban J connectivity index is 1.51. The predicted octanol–water partition coefficient (Wildman–Crippen LogP) is 5.63. The Kier molecular flexibility index (Phi) is 6.24. The van der Waals surface area contributed by atoms with Crippen LogP contribution in [0.15, 0.2) is 33.5 Å². The van der Waals surface area contributed by atoms with Gasteiger partial charge >= 0.3 is 0 Å². The zero-order valence-corrected chi connectivity index (χ0v) is 16.4. The Morgan fingerprint density at radius 2 is 2.04 bits per heavy atom. The minimum atomic E-state index is -0.220. The van der Waals surface area contributed by atoms with Crippen molar-refractivity contribution < 1.29 is 9.32 Å². The number of amides is 1. The number of carbonyl (C=O) groups is 1. The van der Waals surface area contributed by atoms with Crippen molar-refractivity contribution in [2.45, 2.75) is 5.75 Å². The van der Waals surface area contributed by atoms with Gasteiger partial charge in [-0.1, -0.05) is 40.0 Å². The summed E-state index contributed by atoms with van der Waals surface area (Å²) in [4.78, 5) is 16.3. The summed E-state index contributed by atoms with van der Waals surface area (Å²) in [7, 11) is 0. The highest BCUT2D eigenvalue weighted by atomic mass is 35.5. The number of carbonyl (C=O) groups excluding carboxylic acids is 1. The third kappa shape index (κ3) is 4.89. The molecule has 1 aromatic carbocycles. The van der Waals surface area contributed by atoms with E-state index >= 15 is 0 Å². The summed E-state index contributed by atoms with van der Waals surface area (Å²) in [6.07, 6.45) is 0. The van der Waals surface area contributed by atoms with E-state index in [1.807, 2.05) is 16.8 Å². The first-order valence-electron chi connectivity index (χ1n) is 6.90. The van der Waals surface area contributed by atoms with Crippen LogP contribution in [0.3, 0.4) is 0 Å². The van der Waals surface area contributed by atoms with E-state index in [1.54, 1.807) is 11.3 Å². The van der Waals surface area contributed by atoms with Crippen LogP contribution < -0.4 is 5.32 Å². The molecule has 0 aliphatic rings. The van der Waals surface area contributed by atoms with Crippen molar-refractivity contribution in [1.82, 2.24) is 10.1 Å². The number of anilines is 1. The lowest BCUT2D eigenvalue weighted by Crippen LogP contribution is -2.14. The highest BCUT2D eigenvalue weighted by Crippen LogP contribution is 2.32. The van der Waals surface area contributed by atoms with E-state index in [0.29, 0.717) is 38.2 Å². The van der Waals surface area contributed by atoms with Gasteiger partial charge in [-0.2, -0.15) is 16.3 Å². The van der Waals surface area contributed by atoms with E-state index in [4.69, 9.17) is 39.3 Å². The van der Waals surface area contributed by atoms with Crippen LogP contribution in [0.4, 0.5) is 5.69 Å². The van der Waals surface area contributed by atoms with E-state index in [-0.39, 0.29) is 11.7 Å². The number of aromatic nitrogens is 2. The third-order valence-electron chi connectivity index (χ3n) is 2.99. The molecule has 0 aliphatic carbocycles. The lowest BCUT2D eigenvalue weighted by atomic mass is 10.3. The average Bonchev–Trinajstić information content (AvgIpc) is 3.23. The van der Waals surface area contributed by atoms with Crippen molar-refractivity contribution in [1.29, 1.82) is 0 Å². The number of halogens is 3. The Hall–Kier alpha value is -1.25. The second-order valence-electron chi connectivity index (χ2n) is 4.81. The molecule has 5 nitrogen and oxygen atoms in total. The fourth-order valence-electron chi connectivity index (χ4n) is 1.86. The molecule has 2 aromatic heterocycles. The van der Waals surface area contributed by atoms with E-state index in [2.05, 4.69) is 15.5 Å². The molecule has 2 heterocycles. The van der Waals surface area contributed by atoms with Gasteiger partial charge in [0.25, 0.3) is 0 Å². The van der Waals surface area contributed by atoms with Crippen LogP contribution >= 0.6 is 57.9 Å². The molecule has 0 saturated carbocycles. The molecule has 0 unspecified atom stereocenters. The number of thiophene rings is 1. The Labute approximate surface area is 166 Å². The summed E-state index contributed by atoms with van der Waals surface area (Å²) in [6.45, 7) is 0. The molecule has 130 valence electrons.